The first-order valence-electron chi connectivity index (χ1n) is 5.89. The van der Waals surface area contributed by atoms with Gasteiger partial charge in [-0.25, -0.2) is 4.98 Å². The number of hydrogen-bond acceptors (Lipinski definition) is 4. The lowest BCUT2D eigenvalue weighted by atomic mass is 10.0. The van der Waals surface area contributed by atoms with E-state index >= 15 is 0 Å². The Bertz CT molecular complexity index is 385. The van der Waals surface area contributed by atoms with E-state index in [0.717, 1.165) is 11.4 Å². The highest BCUT2D eigenvalue weighted by atomic mass is 35.5. The zero-order valence-electron chi connectivity index (χ0n) is 11.8. The molecule has 1 heterocycles. The number of halogens is 2. The van der Waals surface area contributed by atoms with E-state index in [1.807, 2.05) is 20.0 Å². The third-order valence-corrected chi connectivity index (χ3v) is 4.00. The lowest BCUT2D eigenvalue weighted by Crippen LogP contribution is -2.39. The fraction of sp³-hybridized carbons (Fsp3) is 0.667. The third-order valence-electron chi connectivity index (χ3n) is 2.88. The molecule has 0 saturated carbocycles. The SMILES string of the molecule is CCc1cnc(CN(C)C(=O)C(C)C(C)N)s1.Cl.Cl. The van der Waals surface area contributed by atoms with Crippen LogP contribution in [0.25, 0.3) is 0 Å². The van der Waals surface area contributed by atoms with Crippen molar-refractivity contribution in [1.82, 2.24) is 9.88 Å². The predicted molar refractivity (Wildman–Crippen MR) is 85.3 cm³/mol. The number of carbonyl (C=O) groups is 1. The Labute approximate surface area is 131 Å². The maximum absolute atomic E-state index is 12.0. The van der Waals surface area contributed by atoms with Gasteiger partial charge >= 0.3 is 0 Å². The van der Waals surface area contributed by atoms with Crippen LogP contribution in [0, 0.1) is 5.92 Å². The predicted octanol–water partition coefficient (Wildman–Crippen LogP) is 2.49. The first kappa shape index (κ1) is 20.9. The van der Waals surface area contributed by atoms with Gasteiger partial charge in [-0.3, -0.25) is 4.79 Å². The molecule has 0 fully saturated rings. The van der Waals surface area contributed by atoms with Crippen LogP contribution in [-0.4, -0.2) is 28.9 Å². The van der Waals surface area contributed by atoms with Gasteiger partial charge < -0.3 is 10.6 Å². The van der Waals surface area contributed by atoms with Gasteiger partial charge in [-0.1, -0.05) is 13.8 Å². The van der Waals surface area contributed by atoms with Crippen molar-refractivity contribution in [3.05, 3.63) is 16.1 Å². The first-order valence-corrected chi connectivity index (χ1v) is 6.71. The van der Waals surface area contributed by atoms with Crippen LogP contribution in [0.15, 0.2) is 6.20 Å². The number of carbonyl (C=O) groups excluding carboxylic acids is 1. The van der Waals surface area contributed by atoms with E-state index in [1.165, 1.54) is 4.88 Å². The van der Waals surface area contributed by atoms with Crippen molar-refractivity contribution in [3.63, 3.8) is 0 Å². The molecule has 0 aliphatic carbocycles. The number of aryl methyl sites for hydroxylation is 1. The zero-order chi connectivity index (χ0) is 13.0. The largest absolute Gasteiger partial charge is 0.339 e. The number of aromatic nitrogens is 1. The molecule has 112 valence electrons. The minimum atomic E-state index is -0.148. The second kappa shape index (κ2) is 9.53. The summed E-state index contributed by atoms with van der Waals surface area (Å²) in [7, 11) is 1.80. The number of amides is 1. The monoisotopic (exact) mass is 327 g/mol. The van der Waals surface area contributed by atoms with Crippen LogP contribution in [-0.2, 0) is 17.8 Å². The van der Waals surface area contributed by atoms with Crippen LogP contribution >= 0.6 is 36.2 Å². The Morgan fingerprint density at radius 3 is 2.47 bits per heavy atom. The lowest BCUT2D eigenvalue weighted by molar-refractivity contribution is -0.134. The van der Waals surface area contributed by atoms with Gasteiger partial charge in [0.05, 0.1) is 12.5 Å². The maximum atomic E-state index is 12.0. The minimum absolute atomic E-state index is 0. The molecule has 4 nitrogen and oxygen atoms in total. The Hall–Kier alpha value is -0.360. The molecular formula is C12H23Cl2N3OS. The Morgan fingerprint density at radius 2 is 2.05 bits per heavy atom. The Morgan fingerprint density at radius 1 is 1.47 bits per heavy atom. The highest BCUT2D eigenvalue weighted by molar-refractivity contribution is 7.11. The van der Waals surface area contributed by atoms with Crippen molar-refractivity contribution in [2.24, 2.45) is 11.7 Å². The van der Waals surface area contributed by atoms with Crippen LogP contribution in [0.3, 0.4) is 0 Å². The van der Waals surface area contributed by atoms with Crippen molar-refractivity contribution in [2.45, 2.75) is 39.8 Å². The summed E-state index contributed by atoms with van der Waals surface area (Å²) in [5.74, 6) is -0.0705. The second-order valence-electron chi connectivity index (χ2n) is 4.42. The minimum Gasteiger partial charge on any atom is -0.339 e. The third kappa shape index (κ3) is 6.08. The molecule has 0 bridgehead atoms. The van der Waals surface area contributed by atoms with Gasteiger partial charge in [0.2, 0.25) is 5.91 Å². The smallest absolute Gasteiger partial charge is 0.227 e. The average molecular weight is 328 g/mol. The Kier molecular flexibility index (Phi) is 10.5. The molecule has 1 aromatic rings. The van der Waals surface area contributed by atoms with Crippen molar-refractivity contribution in [3.8, 4) is 0 Å². The summed E-state index contributed by atoms with van der Waals surface area (Å²) in [5.41, 5.74) is 5.73. The van der Waals surface area contributed by atoms with E-state index in [0.29, 0.717) is 6.54 Å². The molecular weight excluding hydrogens is 305 g/mol. The van der Waals surface area contributed by atoms with Crippen LogP contribution in [0.5, 0.6) is 0 Å². The van der Waals surface area contributed by atoms with Gasteiger partial charge in [0.15, 0.2) is 0 Å². The molecule has 0 spiro atoms. The molecule has 0 radical (unpaired) electrons. The molecule has 2 atom stereocenters. The van der Waals surface area contributed by atoms with Crippen molar-refractivity contribution in [2.75, 3.05) is 7.05 Å². The number of thiazole rings is 1. The summed E-state index contributed by atoms with van der Waals surface area (Å²) in [6.45, 7) is 6.39. The number of hydrogen-bond donors (Lipinski definition) is 1. The molecule has 19 heavy (non-hydrogen) atoms. The van der Waals surface area contributed by atoms with Crippen molar-refractivity contribution < 1.29 is 4.79 Å². The van der Waals surface area contributed by atoms with Gasteiger partial charge in [0.25, 0.3) is 0 Å². The van der Waals surface area contributed by atoms with Crippen molar-refractivity contribution in [1.29, 1.82) is 0 Å². The summed E-state index contributed by atoms with van der Waals surface area (Å²) in [5, 5.41) is 0.981. The highest BCUT2D eigenvalue weighted by Crippen LogP contribution is 2.16. The molecule has 2 N–H and O–H groups in total. The molecule has 1 aromatic heterocycles. The normalized spacial score (nSPS) is 12.9. The summed E-state index contributed by atoms with van der Waals surface area (Å²) >= 11 is 1.66. The van der Waals surface area contributed by atoms with Crippen LogP contribution in [0.1, 0.15) is 30.7 Å². The van der Waals surface area contributed by atoms with Crippen LogP contribution < -0.4 is 5.73 Å². The quantitative estimate of drug-likeness (QED) is 0.903. The first-order chi connectivity index (χ1) is 7.95. The molecule has 1 rings (SSSR count). The number of nitrogens with two attached hydrogens (primary N) is 1. The summed E-state index contributed by atoms with van der Waals surface area (Å²) < 4.78 is 0. The maximum Gasteiger partial charge on any atom is 0.227 e. The van der Waals surface area contributed by atoms with Gasteiger partial charge in [0.1, 0.15) is 5.01 Å². The van der Waals surface area contributed by atoms with Crippen molar-refractivity contribution >= 4 is 42.1 Å². The van der Waals surface area contributed by atoms with E-state index < -0.39 is 0 Å². The molecule has 7 heteroatoms. The topological polar surface area (TPSA) is 59.2 Å². The molecule has 1 amide bonds. The lowest BCUT2D eigenvalue weighted by Gasteiger charge is -2.22. The van der Waals surface area contributed by atoms with E-state index in [-0.39, 0.29) is 42.7 Å². The van der Waals surface area contributed by atoms with Gasteiger partial charge in [-0.2, -0.15) is 0 Å². The standard InChI is InChI=1S/C12H21N3OS.2ClH/c1-5-10-6-14-11(17-10)7-15(4)12(16)8(2)9(3)13;;/h6,8-9H,5,7,13H2,1-4H3;2*1H. The summed E-state index contributed by atoms with van der Waals surface area (Å²) in [4.78, 5) is 19.2. The fourth-order valence-corrected chi connectivity index (χ4v) is 2.35. The van der Waals surface area contributed by atoms with E-state index in [4.69, 9.17) is 5.73 Å². The van der Waals surface area contributed by atoms with Gasteiger partial charge in [0, 0.05) is 24.2 Å². The van der Waals surface area contributed by atoms with E-state index in [9.17, 15) is 4.79 Å². The van der Waals surface area contributed by atoms with Gasteiger partial charge in [-0.05, 0) is 13.3 Å². The van der Waals surface area contributed by atoms with Crippen LogP contribution in [0.2, 0.25) is 0 Å². The highest BCUT2D eigenvalue weighted by Gasteiger charge is 2.21. The van der Waals surface area contributed by atoms with E-state index in [2.05, 4.69) is 11.9 Å². The Balaban J connectivity index is 0. The number of nitrogens with zero attached hydrogens (tertiary/aromatic N) is 2. The number of rotatable bonds is 5. The van der Waals surface area contributed by atoms with Crippen LogP contribution in [0.4, 0.5) is 0 Å². The average Bonchev–Trinajstić information content (AvgIpc) is 2.74. The van der Waals surface area contributed by atoms with E-state index in [1.54, 1.807) is 23.3 Å². The zero-order valence-corrected chi connectivity index (χ0v) is 14.2. The molecule has 0 saturated heterocycles. The molecule has 0 aliphatic rings. The molecule has 2 unspecified atom stereocenters. The fourth-order valence-electron chi connectivity index (χ4n) is 1.44. The summed E-state index contributed by atoms with van der Waals surface area (Å²) in [6, 6.07) is -0.118. The second-order valence-corrected chi connectivity index (χ2v) is 5.62. The summed E-state index contributed by atoms with van der Waals surface area (Å²) in [6.07, 6.45) is 2.87. The van der Waals surface area contributed by atoms with Gasteiger partial charge in [-0.15, -0.1) is 36.2 Å². The molecule has 0 aliphatic heterocycles. The molecule has 0 aromatic carbocycles.